The molecule has 0 atom stereocenters. The first-order valence-electron chi connectivity index (χ1n) is 4.79. The van der Waals surface area contributed by atoms with Gasteiger partial charge in [0.05, 0.1) is 7.11 Å². The monoisotopic (exact) mass is 190 g/mol. The standard InChI is InChI=1S/C13H18O/c1-6-10-7-11(13(2,3)4)9-12(8-10)14-5/h6-9H,1H2,2-5H3. The van der Waals surface area contributed by atoms with Crippen LogP contribution in [0, 0.1) is 0 Å². The van der Waals surface area contributed by atoms with E-state index >= 15 is 0 Å². The Kier molecular flexibility index (Phi) is 3.00. The van der Waals surface area contributed by atoms with Crippen molar-refractivity contribution in [2.24, 2.45) is 0 Å². The number of methoxy groups -OCH3 is 1. The van der Waals surface area contributed by atoms with Gasteiger partial charge >= 0.3 is 0 Å². The number of hydrogen-bond acceptors (Lipinski definition) is 1. The molecule has 1 aromatic rings. The van der Waals surface area contributed by atoms with E-state index in [-0.39, 0.29) is 5.41 Å². The lowest BCUT2D eigenvalue weighted by atomic mass is 9.86. The van der Waals surface area contributed by atoms with Crippen LogP contribution >= 0.6 is 0 Å². The Morgan fingerprint density at radius 2 is 1.86 bits per heavy atom. The molecule has 76 valence electrons. The minimum atomic E-state index is 0.145. The van der Waals surface area contributed by atoms with E-state index in [2.05, 4.69) is 39.5 Å². The van der Waals surface area contributed by atoms with Gasteiger partial charge in [0.15, 0.2) is 0 Å². The molecule has 0 aliphatic carbocycles. The maximum atomic E-state index is 5.24. The first-order chi connectivity index (χ1) is 6.47. The lowest BCUT2D eigenvalue weighted by molar-refractivity contribution is 0.412. The van der Waals surface area contributed by atoms with Crippen LogP contribution < -0.4 is 4.74 Å². The maximum Gasteiger partial charge on any atom is 0.119 e. The zero-order valence-corrected chi connectivity index (χ0v) is 9.42. The molecule has 14 heavy (non-hydrogen) atoms. The number of benzene rings is 1. The van der Waals surface area contributed by atoms with Gasteiger partial charge in [-0.3, -0.25) is 0 Å². The molecule has 0 saturated heterocycles. The Morgan fingerprint density at radius 3 is 2.29 bits per heavy atom. The maximum absolute atomic E-state index is 5.24. The molecule has 0 N–H and O–H groups in total. The van der Waals surface area contributed by atoms with Crippen LogP contribution in [-0.4, -0.2) is 7.11 Å². The van der Waals surface area contributed by atoms with Crippen LogP contribution in [-0.2, 0) is 5.41 Å². The van der Waals surface area contributed by atoms with Crippen LogP contribution in [0.4, 0.5) is 0 Å². The summed E-state index contributed by atoms with van der Waals surface area (Å²) >= 11 is 0. The van der Waals surface area contributed by atoms with Crippen molar-refractivity contribution in [3.63, 3.8) is 0 Å². The molecule has 0 radical (unpaired) electrons. The minimum Gasteiger partial charge on any atom is -0.497 e. The molecule has 0 spiro atoms. The van der Waals surface area contributed by atoms with Crippen molar-refractivity contribution in [3.05, 3.63) is 35.9 Å². The molecule has 0 fully saturated rings. The van der Waals surface area contributed by atoms with Gasteiger partial charge < -0.3 is 4.74 Å². The van der Waals surface area contributed by atoms with Gasteiger partial charge in [0.25, 0.3) is 0 Å². The lowest BCUT2D eigenvalue weighted by Crippen LogP contribution is -2.11. The van der Waals surface area contributed by atoms with Crippen LogP contribution in [0.3, 0.4) is 0 Å². The number of rotatable bonds is 2. The molecule has 1 aromatic carbocycles. The normalized spacial score (nSPS) is 11.1. The quantitative estimate of drug-likeness (QED) is 0.692. The second-order valence-electron chi connectivity index (χ2n) is 4.45. The number of ether oxygens (including phenoxy) is 1. The molecule has 0 aliphatic heterocycles. The molecule has 1 nitrogen and oxygen atoms in total. The van der Waals surface area contributed by atoms with Gasteiger partial charge in [-0.25, -0.2) is 0 Å². The predicted molar refractivity (Wildman–Crippen MR) is 61.8 cm³/mol. The fourth-order valence-corrected chi connectivity index (χ4v) is 1.29. The van der Waals surface area contributed by atoms with Crippen molar-refractivity contribution in [2.75, 3.05) is 7.11 Å². The Hall–Kier alpha value is -1.24. The Morgan fingerprint density at radius 1 is 1.21 bits per heavy atom. The van der Waals surface area contributed by atoms with Gasteiger partial charge in [0, 0.05) is 0 Å². The van der Waals surface area contributed by atoms with Gasteiger partial charge in [-0.05, 0) is 28.7 Å². The summed E-state index contributed by atoms with van der Waals surface area (Å²) in [6.45, 7) is 10.3. The van der Waals surface area contributed by atoms with Gasteiger partial charge in [0.2, 0.25) is 0 Å². The van der Waals surface area contributed by atoms with Crippen LogP contribution in [0.5, 0.6) is 5.75 Å². The van der Waals surface area contributed by atoms with Crippen molar-refractivity contribution in [2.45, 2.75) is 26.2 Å². The van der Waals surface area contributed by atoms with E-state index in [1.54, 1.807) is 7.11 Å². The van der Waals surface area contributed by atoms with Crippen LogP contribution in [0.2, 0.25) is 0 Å². The molecular formula is C13H18O. The molecule has 0 heterocycles. The molecule has 1 heteroatoms. The summed E-state index contributed by atoms with van der Waals surface area (Å²) in [6, 6.07) is 6.21. The van der Waals surface area contributed by atoms with Crippen molar-refractivity contribution in [1.82, 2.24) is 0 Å². The fraction of sp³-hybridized carbons (Fsp3) is 0.385. The number of hydrogen-bond donors (Lipinski definition) is 0. The highest BCUT2D eigenvalue weighted by atomic mass is 16.5. The summed E-state index contributed by atoms with van der Waals surface area (Å²) in [4.78, 5) is 0. The van der Waals surface area contributed by atoms with Gasteiger partial charge in [0.1, 0.15) is 5.75 Å². The molecule has 0 bridgehead atoms. The van der Waals surface area contributed by atoms with Crippen molar-refractivity contribution in [1.29, 1.82) is 0 Å². The largest absolute Gasteiger partial charge is 0.497 e. The van der Waals surface area contributed by atoms with E-state index in [9.17, 15) is 0 Å². The zero-order valence-electron chi connectivity index (χ0n) is 9.42. The average molecular weight is 190 g/mol. The molecule has 0 aromatic heterocycles. The molecule has 0 saturated carbocycles. The molecule has 0 amide bonds. The SMILES string of the molecule is C=Cc1cc(OC)cc(C(C)(C)C)c1. The second kappa shape index (κ2) is 3.87. The first kappa shape index (κ1) is 10.8. The highest BCUT2D eigenvalue weighted by Crippen LogP contribution is 2.27. The summed E-state index contributed by atoms with van der Waals surface area (Å²) in [7, 11) is 1.69. The minimum absolute atomic E-state index is 0.145. The van der Waals surface area contributed by atoms with Crippen LogP contribution in [0.25, 0.3) is 6.08 Å². The first-order valence-corrected chi connectivity index (χ1v) is 4.79. The lowest BCUT2D eigenvalue weighted by Gasteiger charge is -2.20. The van der Waals surface area contributed by atoms with E-state index in [4.69, 9.17) is 4.74 Å². The van der Waals surface area contributed by atoms with Gasteiger partial charge in [-0.15, -0.1) is 0 Å². The molecular weight excluding hydrogens is 172 g/mol. The average Bonchev–Trinajstić information content (AvgIpc) is 2.15. The van der Waals surface area contributed by atoms with Gasteiger partial charge in [-0.2, -0.15) is 0 Å². The Labute approximate surface area is 86.4 Å². The Bertz CT molecular complexity index is 332. The predicted octanol–water partition coefficient (Wildman–Crippen LogP) is 3.64. The van der Waals surface area contributed by atoms with Crippen LogP contribution in [0.1, 0.15) is 31.9 Å². The third-order valence-corrected chi connectivity index (χ3v) is 2.27. The van der Waals surface area contributed by atoms with Crippen molar-refractivity contribution < 1.29 is 4.74 Å². The van der Waals surface area contributed by atoms with E-state index in [1.807, 2.05) is 12.1 Å². The second-order valence-corrected chi connectivity index (χ2v) is 4.45. The third-order valence-electron chi connectivity index (χ3n) is 2.27. The molecule has 1 rings (SSSR count). The molecule has 0 aliphatic rings. The summed E-state index contributed by atoms with van der Waals surface area (Å²) in [5, 5.41) is 0. The van der Waals surface area contributed by atoms with E-state index in [0.717, 1.165) is 11.3 Å². The van der Waals surface area contributed by atoms with Gasteiger partial charge in [-0.1, -0.05) is 39.5 Å². The highest BCUT2D eigenvalue weighted by molar-refractivity contribution is 5.52. The smallest absolute Gasteiger partial charge is 0.119 e. The summed E-state index contributed by atoms with van der Waals surface area (Å²) < 4.78 is 5.24. The van der Waals surface area contributed by atoms with Crippen LogP contribution in [0.15, 0.2) is 24.8 Å². The summed E-state index contributed by atoms with van der Waals surface area (Å²) in [5.74, 6) is 0.896. The van der Waals surface area contributed by atoms with E-state index < -0.39 is 0 Å². The van der Waals surface area contributed by atoms with Crippen molar-refractivity contribution >= 4 is 6.08 Å². The van der Waals surface area contributed by atoms with E-state index in [0.29, 0.717) is 0 Å². The Balaban J connectivity index is 3.24. The van der Waals surface area contributed by atoms with Crippen molar-refractivity contribution in [3.8, 4) is 5.75 Å². The highest BCUT2D eigenvalue weighted by Gasteiger charge is 2.14. The fourth-order valence-electron chi connectivity index (χ4n) is 1.29. The third kappa shape index (κ3) is 2.38. The summed E-state index contributed by atoms with van der Waals surface area (Å²) in [6.07, 6.45) is 1.84. The zero-order chi connectivity index (χ0) is 10.8. The summed E-state index contributed by atoms with van der Waals surface area (Å²) in [5.41, 5.74) is 2.52. The molecule has 0 unspecified atom stereocenters. The topological polar surface area (TPSA) is 9.23 Å². The van der Waals surface area contributed by atoms with E-state index in [1.165, 1.54) is 5.56 Å².